The van der Waals surface area contributed by atoms with Crippen molar-refractivity contribution in [2.45, 2.75) is 25.6 Å². The number of aliphatic carboxylic acids is 1. The molecule has 0 aliphatic rings. The third-order valence-corrected chi connectivity index (χ3v) is 1.26. The van der Waals surface area contributed by atoms with E-state index in [-0.39, 0.29) is 6.42 Å². The zero-order valence-corrected chi connectivity index (χ0v) is 6.13. The number of hydrogen-bond donors (Lipinski definition) is 2. The van der Waals surface area contributed by atoms with Gasteiger partial charge >= 0.3 is 5.97 Å². The zero-order chi connectivity index (χ0) is 8.20. The third kappa shape index (κ3) is 1.97. The van der Waals surface area contributed by atoms with E-state index in [0.717, 1.165) is 0 Å². The van der Waals surface area contributed by atoms with Gasteiger partial charge in [-0.3, -0.25) is 0 Å². The van der Waals surface area contributed by atoms with Crippen LogP contribution in [0.2, 0.25) is 0 Å². The van der Waals surface area contributed by atoms with Crippen LogP contribution in [0.4, 0.5) is 0 Å². The Labute approximate surface area is 59.4 Å². The molecule has 0 aliphatic carbocycles. The van der Waals surface area contributed by atoms with E-state index in [1.165, 1.54) is 7.11 Å². The van der Waals surface area contributed by atoms with Gasteiger partial charge in [0.1, 0.15) is 0 Å². The van der Waals surface area contributed by atoms with E-state index in [4.69, 9.17) is 10.2 Å². The lowest BCUT2D eigenvalue weighted by Gasteiger charge is -2.19. The van der Waals surface area contributed by atoms with E-state index in [0.29, 0.717) is 6.42 Å². The van der Waals surface area contributed by atoms with E-state index >= 15 is 0 Å². The molecule has 1 unspecified atom stereocenters. The molecular formula is C6H12O4. The smallest absolute Gasteiger partial charge is 0.364 e. The van der Waals surface area contributed by atoms with Crippen molar-refractivity contribution in [2.24, 2.45) is 0 Å². The molecule has 1 atom stereocenters. The van der Waals surface area contributed by atoms with E-state index in [1.807, 2.05) is 0 Å². The van der Waals surface area contributed by atoms with Crippen molar-refractivity contribution in [3.8, 4) is 0 Å². The summed E-state index contributed by atoms with van der Waals surface area (Å²) in [6, 6.07) is 0. The van der Waals surface area contributed by atoms with E-state index < -0.39 is 11.8 Å². The molecule has 0 rings (SSSR count). The number of rotatable bonds is 4. The Kier molecular flexibility index (Phi) is 3.32. The van der Waals surface area contributed by atoms with Gasteiger partial charge in [-0.25, -0.2) is 4.79 Å². The molecule has 0 saturated heterocycles. The Bertz CT molecular complexity index is 123. The number of hydrogen-bond acceptors (Lipinski definition) is 3. The Morgan fingerprint density at radius 3 is 2.30 bits per heavy atom. The standard InChI is InChI=1S/C6H12O4/c1-3-4-6(9,10-2)5(7)8/h9H,3-4H2,1-2H3,(H,7,8). The minimum atomic E-state index is -1.99. The number of carboxylic acids is 1. The highest BCUT2D eigenvalue weighted by Gasteiger charge is 2.34. The highest BCUT2D eigenvalue weighted by Crippen LogP contribution is 2.12. The number of carbonyl (C=O) groups is 1. The van der Waals surface area contributed by atoms with Crippen molar-refractivity contribution in [2.75, 3.05) is 7.11 Å². The molecule has 0 radical (unpaired) electrons. The van der Waals surface area contributed by atoms with Crippen LogP contribution in [0.3, 0.4) is 0 Å². The van der Waals surface area contributed by atoms with Gasteiger partial charge < -0.3 is 14.9 Å². The normalized spacial score (nSPS) is 16.3. The van der Waals surface area contributed by atoms with Gasteiger partial charge in [0.15, 0.2) is 0 Å². The molecule has 60 valence electrons. The molecule has 0 aromatic carbocycles. The van der Waals surface area contributed by atoms with Gasteiger partial charge in [0.05, 0.1) is 0 Å². The molecule has 0 amide bonds. The van der Waals surface area contributed by atoms with Gasteiger partial charge in [-0.05, 0) is 0 Å². The molecule has 0 aromatic rings. The lowest BCUT2D eigenvalue weighted by Crippen LogP contribution is -2.40. The molecule has 0 fully saturated rings. The van der Waals surface area contributed by atoms with Crippen LogP contribution >= 0.6 is 0 Å². The van der Waals surface area contributed by atoms with Crippen LogP contribution in [0.15, 0.2) is 0 Å². The summed E-state index contributed by atoms with van der Waals surface area (Å²) < 4.78 is 4.40. The molecule has 0 aromatic heterocycles. The second-order valence-corrected chi connectivity index (χ2v) is 2.04. The maximum absolute atomic E-state index is 10.3. The van der Waals surface area contributed by atoms with Gasteiger partial charge in [-0.2, -0.15) is 0 Å². The van der Waals surface area contributed by atoms with Gasteiger partial charge in [0, 0.05) is 13.5 Å². The summed E-state index contributed by atoms with van der Waals surface area (Å²) in [6.45, 7) is 1.77. The molecule has 0 heterocycles. The number of aliphatic hydroxyl groups is 1. The minimum absolute atomic E-state index is 0.110. The zero-order valence-electron chi connectivity index (χ0n) is 6.13. The third-order valence-electron chi connectivity index (χ3n) is 1.26. The van der Waals surface area contributed by atoms with Crippen LogP contribution in [0.5, 0.6) is 0 Å². The van der Waals surface area contributed by atoms with Crippen LogP contribution in [-0.4, -0.2) is 29.1 Å². The molecule has 0 saturated carbocycles. The predicted octanol–water partition coefficient (Wildman–Crippen LogP) is 0.206. The van der Waals surface area contributed by atoms with Gasteiger partial charge in [-0.15, -0.1) is 0 Å². The van der Waals surface area contributed by atoms with Crippen molar-refractivity contribution in [1.29, 1.82) is 0 Å². The van der Waals surface area contributed by atoms with Crippen LogP contribution in [0, 0.1) is 0 Å². The fourth-order valence-corrected chi connectivity index (χ4v) is 0.635. The number of methoxy groups -OCH3 is 1. The molecule has 4 heteroatoms. The molecule has 0 aliphatic heterocycles. The van der Waals surface area contributed by atoms with E-state index in [9.17, 15) is 4.79 Å². The predicted molar refractivity (Wildman–Crippen MR) is 34.5 cm³/mol. The lowest BCUT2D eigenvalue weighted by atomic mass is 10.1. The number of ether oxygens (including phenoxy) is 1. The first kappa shape index (κ1) is 9.39. The second kappa shape index (κ2) is 3.53. The maximum Gasteiger partial charge on any atom is 0.364 e. The average Bonchev–Trinajstić information content (AvgIpc) is 1.88. The Morgan fingerprint density at radius 1 is 1.70 bits per heavy atom. The van der Waals surface area contributed by atoms with E-state index in [1.54, 1.807) is 6.92 Å². The molecular weight excluding hydrogens is 136 g/mol. The Balaban J connectivity index is 4.08. The first-order valence-corrected chi connectivity index (χ1v) is 3.07. The van der Waals surface area contributed by atoms with Crippen molar-refractivity contribution in [3.63, 3.8) is 0 Å². The van der Waals surface area contributed by atoms with Crippen molar-refractivity contribution < 1.29 is 19.7 Å². The first-order valence-electron chi connectivity index (χ1n) is 3.07. The highest BCUT2D eigenvalue weighted by atomic mass is 16.6. The monoisotopic (exact) mass is 148 g/mol. The summed E-state index contributed by atoms with van der Waals surface area (Å²) in [4.78, 5) is 10.3. The fraction of sp³-hybridized carbons (Fsp3) is 0.833. The SMILES string of the molecule is CCCC(O)(OC)C(=O)O. The van der Waals surface area contributed by atoms with Crippen molar-refractivity contribution in [3.05, 3.63) is 0 Å². The van der Waals surface area contributed by atoms with Gasteiger partial charge in [-0.1, -0.05) is 13.3 Å². The summed E-state index contributed by atoms with van der Waals surface area (Å²) in [6.07, 6.45) is 0.676. The van der Waals surface area contributed by atoms with Gasteiger partial charge in [0.2, 0.25) is 0 Å². The summed E-state index contributed by atoms with van der Waals surface area (Å²) in [5.74, 6) is -3.33. The first-order chi connectivity index (χ1) is 4.56. The summed E-state index contributed by atoms with van der Waals surface area (Å²) >= 11 is 0. The van der Waals surface area contributed by atoms with Crippen LogP contribution in [0.25, 0.3) is 0 Å². The second-order valence-electron chi connectivity index (χ2n) is 2.04. The quantitative estimate of drug-likeness (QED) is 0.559. The maximum atomic E-state index is 10.3. The molecule has 0 spiro atoms. The molecule has 4 nitrogen and oxygen atoms in total. The summed E-state index contributed by atoms with van der Waals surface area (Å²) in [5.41, 5.74) is 0. The molecule has 10 heavy (non-hydrogen) atoms. The average molecular weight is 148 g/mol. The Morgan fingerprint density at radius 2 is 2.20 bits per heavy atom. The summed E-state index contributed by atoms with van der Waals surface area (Å²) in [5, 5.41) is 17.5. The fourth-order valence-electron chi connectivity index (χ4n) is 0.635. The van der Waals surface area contributed by atoms with Crippen LogP contribution < -0.4 is 0 Å². The Hall–Kier alpha value is -0.610. The lowest BCUT2D eigenvalue weighted by molar-refractivity contribution is -0.216. The van der Waals surface area contributed by atoms with Crippen molar-refractivity contribution in [1.82, 2.24) is 0 Å². The molecule has 2 N–H and O–H groups in total. The minimum Gasteiger partial charge on any atom is -0.477 e. The number of carboxylic acid groups (broad SMARTS) is 1. The topological polar surface area (TPSA) is 66.8 Å². The van der Waals surface area contributed by atoms with Crippen LogP contribution in [0.1, 0.15) is 19.8 Å². The van der Waals surface area contributed by atoms with Gasteiger partial charge in [0.25, 0.3) is 5.79 Å². The van der Waals surface area contributed by atoms with E-state index in [2.05, 4.69) is 4.74 Å². The summed E-state index contributed by atoms with van der Waals surface area (Å²) in [7, 11) is 1.17. The van der Waals surface area contributed by atoms with Crippen molar-refractivity contribution >= 4 is 5.97 Å². The van der Waals surface area contributed by atoms with Crippen LogP contribution in [-0.2, 0) is 9.53 Å². The largest absolute Gasteiger partial charge is 0.477 e. The molecule has 0 bridgehead atoms. The highest BCUT2D eigenvalue weighted by molar-refractivity contribution is 5.75.